The van der Waals surface area contributed by atoms with Gasteiger partial charge in [0.25, 0.3) is 5.91 Å². The Morgan fingerprint density at radius 2 is 1.65 bits per heavy atom. The van der Waals surface area contributed by atoms with E-state index in [1.807, 2.05) is 103 Å². The van der Waals surface area contributed by atoms with Crippen LogP contribution in [0, 0.1) is 0 Å². The molecule has 154 valence electrons. The van der Waals surface area contributed by atoms with E-state index in [0.29, 0.717) is 17.3 Å². The molecule has 0 bridgehead atoms. The third-order valence-corrected chi connectivity index (χ3v) is 5.38. The van der Waals surface area contributed by atoms with E-state index in [1.54, 1.807) is 0 Å². The minimum Gasteiger partial charge on any atom is -0.494 e. The predicted octanol–water partition coefficient (Wildman–Crippen LogP) is 6.39. The first-order chi connectivity index (χ1) is 15.2. The van der Waals surface area contributed by atoms with Crippen molar-refractivity contribution in [2.75, 3.05) is 11.9 Å². The Kier molecular flexibility index (Phi) is 6.55. The van der Waals surface area contributed by atoms with Crippen LogP contribution in [0.2, 0.25) is 0 Å². The van der Waals surface area contributed by atoms with Crippen LogP contribution in [0.15, 0.2) is 90.3 Å². The number of carbonyl (C=O) groups is 1. The lowest BCUT2D eigenvalue weighted by atomic mass is 10.0. The molecule has 0 aliphatic heterocycles. The molecule has 4 aromatic rings. The van der Waals surface area contributed by atoms with Gasteiger partial charge < -0.3 is 4.74 Å². The van der Waals surface area contributed by atoms with Crippen molar-refractivity contribution in [3.8, 4) is 17.0 Å². The molecule has 0 fully saturated rings. The Labute approximate surface area is 185 Å². The monoisotopic (exact) mass is 426 g/mol. The molecular formula is C26H22N2O2S. The van der Waals surface area contributed by atoms with Gasteiger partial charge in [0.15, 0.2) is 5.13 Å². The first kappa shape index (κ1) is 20.6. The van der Waals surface area contributed by atoms with E-state index < -0.39 is 0 Å². The van der Waals surface area contributed by atoms with Crippen molar-refractivity contribution in [2.45, 2.75) is 6.92 Å². The summed E-state index contributed by atoms with van der Waals surface area (Å²) in [6.45, 7) is 2.59. The van der Waals surface area contributed by atoms with Crippen LogP contribution in [0.3, 0.4) is 0 Å². The van der Waals surface area contributed by atoms with Crippen LogP contribution in [-0.2, 0) is 4.79 Å². The Balaban J connectivity index is 1.56. The fraction of sp³-hybridized carbons (Fsp3) is 0.0769. The molecule has 0 aliphatic carbocycles. The smallest absolute Gasteiger partial charge is 0.258 e. The minimum absolute atomic E-state index is 0.192. The number of nitrogens with zero attached hydrogens (tertiary/aromatic N) is 1. The van der Waals surface area contributed by atoms with Crippen molar-refractivity contribution in [1.29, 1.82) is 0 Å². The lowest BCUT2D eigenvalue weighted by molar-refractivity contribution is -0.111. The predicted molar refractivity (Wildman–Crippen MR) is 128 cm³/mol. The van der Waals surface area contributed by atoms with E-state index in [-0.39, 0.29) is 5.91 Å². The lowest BCUT2D eigenvalue weighted by Crippen LogP contribution is -2.13. The lowest BCUT2D eigenvalue weighted by Gasteiger charge is -2.08. The third kappa shape index (κ3) is 5.27. The number of amides is 1. The highest BCUT2D eigenvalue weighted by Gasteiger charge is 2.15. The molecule has 3 aromatic carbocycles. The summed E-state index contributed by atoms with van der Waals surface area (Å²) in [4.78, 5) is 17.7. The number of hydrogen-bond acceptors (Lipinski definition) is 4. The van der Waals surface area contributed by atoms with Gasteiger partial charge in [0.2, 0.25) is 0 Å². The Hall–Kier alpha value is -3.70. The van der Waals surface area contributed by atoms with E-state index in [4.69, 9.17) is 4.74 Å². The van der Waals surface area contributed by atoms with Crippen molar-refractivity contribution in [1.82, 2.24) is 4.98 Å². The number of nitrogens with one attached hydrogen (secondary N) is 1. The highest BCUT2D eigenvalue weighted by atomic mass is 32.1. The molecule has 0 unspecified atom stereocenters. The summed E-state index contributed by atoms with van der Waals surface area (Å²) in [5, 5.41) is 5.46. The van der Waals surface area contributed by atoms with Crippen LogP contribution in [0.1, 0.15) is 18.1 Å². The van der Waals surface area contributed by atoms with Crippen LogP contribution in [0.25, 0.3) is 22.9 Å². The molecule has 0 atom stereocenters. The molecule has 0 saturated carbocycles. The number of thiazole rings is 1. The summed E-state index contributed by atoms with van der Waals surface area (Å²) >= 11 is 1.40. The maximum Gasteiger partial charge on any atom is 0.258 e. The first-order valence-corrected chi connectivity index (χ1v) is 10.9. The highest BCUT2D eigenvalue weighted by Crippen LogP contribution is 2.28. The average Bonchev–Trinajstić information content (AvgIpc) is 3.28. The van der Waals surface area contributed by atoms with Crippen molar-refractivity contribution >= 4 is 34.0 Å². The zero-order chi connectivity index (χ0) is 21.5. The molecule has 1 amide bonds. The second kappa shape index (κ2) is 9.87. The number of benzene rings is 3. The number of anilines is 1. The molecule has 0 radical (unpaired) electrons. The van der Waals surface area contributed by atoms with Crippen LogP contribution < -0.4 is 10.1 Å². The quantitative estimate of drug-likeness (QED) is 0.275. The van der Waals surface area contributed by atoms with Gasteiger partial charge in [-0.2, -0.15) is 0 Å². The van der Waals surface area contributed by atoms with E-state index >= 15 is 0 Å². The number of carbonyl (C=O) groups excluding carboxylic acids is 1. The third-order valence-electron chi connectivity index (χ3n) is 4.63. The first-order valence-electron chi connectivity index (χ1n) is 10.0. The molecule has 4 nitrogen and oxygen atoms in total. The highest BCUT2D eigenvalue weighted by molar-refractivity contribution is 7.14. The molecule has 1 N–H and O–H groups in total. The molecule has 1 aromatic heterocycles. The second-order valence-electron chi connectivity index (χ2n) is 6.78. The summed E-state index contributed by atoms with van der Waals surface area (Å²) in [6.07, 6.45) is 1.89. The minimum atomic E-state index is -0.192. The van der Waals surface area contributed by atoms with Crippen LogP contribution in [0.4, 0.5) is 5.13 Å². The SMILES string of the molecule is CCOc1ccc(-c2csc(NC(=O)/C(=C/c3ccccc3)c3ccccc3)n2)cc1. The van der Waals surface area contributed by atoms with Gasteiger partial charge in [0.1, 0.15) is 5.75 Å². The topological polar surface area (TPSA) is 51.2 Å². The van der Waals surface area contributed by atoms with Gasteiger partial charge in [0, 0.05) is 16.5 Å². The summed E-state index contributed by atoms with van der Waals surface area (Å²) in [5.41, 5.74) is 4.20. The van der Waals surface area contributed by atoms with Gasteiger partial charge in [-0.25, -0.2) is 4.98 Å². The second-order valence-corrected chi connectivity index (χ2v) is 7.64. The summed E-state index contributed by atoms with van der Waals surface area (Å²) in [5.74, 6) is 0.635. The standard InChI is InChI=1S/C26H22N2O2S/c1-2-30-22-15-13-21(14-16-22)24-18-31-26(27-24)28-25(29)23(20-11-7-4-8-12-20)17-19-9-5-3-6-10-19/h3-18H,2H2,1H3,(H,27,28,29)/b23-17+. The van der Waals surface area contributed by atoms with E-state index in [2.05, 4.69) is 10.3 Å². The fourth-order valence-corrected chi connectivity index (χ4v) is 3.85. The molecule has 0 aliphatic rings. The van der Waals surface area contributed by atoms with Crippen molar-refractivity contribution < 1.29 is 9.53 Å². The van der Waals surface area contributed by atoms with Gasteiger partial charge in [0.05, 0.1) is 12.3 Å². The normalized spacial score (nSPS) is 11.2. The van der Waals surface area contributed by atoms with Gasteiger partial charge in [-0.3, -0.25) is 10.1 Å². The van der Waals surface area contributed by atoms with Crippen LogP contribution >= 0.6 is 11.3 Å². The Morgan fingerprint density at radius 3 is 2.32 bits per heavy atom. The number of aromatic nitrogens is 1. The average molecular weight is 427 g/mol. The molecule has 31 heavy (non-hydrogen) atoms. The van der Waals surface area contributed by atoms with E-state index in [1.165, 1.54) is 11.3 Å². The maximum absolute atomic E-state index is 13.2. The van der Waals surface area contributed by atoms with Gasteiger partial charge in [-0.15, -0.1) is 11.3 Å². The molecular weight excluding hydrogens is 404 g/mol. The number of ether oxygens (including phenoxy) is 1. The van der Waals surface area contributed by atoms with Gasteiger partial charge >= 0.3 is 0 Å². The van der Waals surface area contributed by atoms with Crippen molar-refractivity contribution in [2.24, 2.45) is 0 Å². The molecule has 1 heterocycles. The number of hydrogen-bond donors (Lipinski definition) is 1. The van der Waals surface area contributed by atoms with Crippen LogP contribution in [0.5, 0.6) is 5.75 Å². The molecule has 5 heteroatoms. The molecule has 0 saturated heterocycles. The Bertz CT molecular complexity index is 1170. The van der Waals surface area contributed by atoms with E-state index in [0.717, 1.165) is 28.1 Å². The number of rotatable bonds is 7. The van der Waals surface area contributed by atoms with Crippen molar-refractivity contribution in [3.63, 3.8) is 0 Å². The van der Waals surface area contributed by atoms with Gasteiger partial charge in [-0.1, -0.05) is 60.7 Å². The summed E-state index contributed by atoms with van der Waals surface area (Å²) < 4.78 is 5.49. The van der Waals surface area contributed by atoms with Crippen molar-refractivity contribution in [3.05, 3.63) is 101 Å². The summed E-state index contributed by atoms with van der Waals surface area (Å²) in [7, 11) is 0. The largest absolute Gasteiger partial charge is 0.494 e. The van der Waals surface area contributed by atoms with Crippen LogP contribution in [-0.4, -0.2) is 17.5 Å². The Morgan fingerprint density at radius 1 is 0.968 bits per heavy atom. The zero-order valence-corrected chi connectivity index (χ0v) is 17.9. The van der Waals surface area contributed by atoms with E-state index in [9.17, 15) is 4.79 Å². The molecule has 0 spiro atoms. The summed E-state index contributed by atoms with van der Waals surface area (Å²) in [6, 6.07) is 27.3. The van der Waals surface area contributed by atoms with Gasteiger partial charge in [-0.05, 0) is 48.4 Å². The maximum atomic E-state index is 13.2. The molecule has 4 rings (SSSR count). The zero-order valence-electron chi connectivity index (χ0n) is 17.1. The fourth-order valence-electron chi connectivity index (χ4n) is 3.13.